The number of hydrogen-bond donors (Lipinski definition) is 1. The second-order valence-corrected chi connectivity index (χ2v) is 3.31. The fourth-order valence-electron chi connectivity index (χ4n) is 1.56. The normalized spacial score (nSPS) is 20.8. The molecule has 1 aromatic heterocycles. The van der Waals surface area contributed by atoms with E-state index in [4.69, 9.17) is 4.42 Å². The van der Waals surface area contributed by atoms with Crippen molar-refractivity contribution in [2.24, 2.45) is 0 Å². The van der Waals surface area contributed by atoms with Crippen LogP contribution in [0.15, 0.2) is 16.7 Å². The molecule has 0 aromatic carbocycles. The van der Waals surface area contributed by atoms with E-state index in [1.807, 2.05) is 13.0 Å². The number of furan rings is 1. The Bertz CT molecular complexity index is 332. The minimum absolute atomic E-state index is 0.0181. The standard InChI is InChI=1S/C9H12N2O2/c1-6-5-11(7(2)12)9-8(10-6)3-4-13-9/h3-4,6,10H,5H2,1-2H3/t6-/m0/s1. The second-order valence-electron chi connectivity index (χ2n) is 3.31. The number of carbonyl (C=O) groups excluding carboxylic acids is 1. The van der Waals surface area contributed by atoms with Crippen molar-refractivity contribution in [2.45, 2.75) is 19.9 Å². The Morgan fingerprint density at radius 3 is 3.23 bits per heavy atom. The lowest BCUT2D eigenvalue weighted by Crippen LogP contribution is -2.41. The minimum atomic E-state index is 0.0181. The van der Waals surface area contributed by atoms with Gasteiger partial charge >= 0.3 is 0 Å². The summed E-state index contributed by atoms with van der Waals surface area (Å²) in [5.74, 6) is 0.648. The highest BCUT2D eigenvalue weighted by molar-refractivity contribution is 5.94. The van der Waals surface area contributed by atoms with Crippen molar-refractivity contribution in [1.29, 1.82) is 0 Å². The molecule has 1 amide bonds. The lowest BCUT2D eigenvalue weighted by atomic mass is 10.2. The summed E-state index contributed by atoms with van der Waals surface area (Å²) >= 11 is 0. The van der Waals surface area contributed by atoms with Gasteiger partial charge in [0.05, 0.1) is 12.0 Å². The smallest absolute Gasteiger partial charge is 0.226 e. The van der Waals surface area contributed by atoms with Crippen molar-refractivity contribution in [1.82, 2.24) is 0 Å². The van der Waals surface area contributed by atoms with Crippen LogP contribution in [0.1, 0.15) is 13.8 Å². The summed E-state index contributed by atoms with van der Waals surface area (Å²) in [6, 6.07) is 2.11. The Balaban J connectivity index is 2.38. The van der Waals surface area contributed by atoms with Gasteiger partial charge in [-0.05, 0) is 6.92 Å². The van der Waals surface area contributed by atoms with Crippen LogP contribution in [0.5, 0.6) is 0 Å². The van der Waals surface area contributed by atoms with Gasteiger partial charge in [-0.3, -0.25) is 9.69 Å². The van der Waals surface area contributed by atoms with E-state index in [2.05, 4.69) is 5.32 Å². The molecule has 0 saturated heterocycles. The molecular weight excluding hydrogens is 168 g/mol. The van der Waals surface area contributed by atoms with Gasteiger partial charge in [0.1, 0.15) is 0 Å². The lowest BCUT2D eigenvalue weighted by Gasteiger charge is -2.29. The van der Waals surface area contributed by atoms with Gasteiger partial charge in [-0.2, -0.15) is 0 Å². The van der Waals surface area contributed by atoms with Gasteiger partial charge in [0.2, 0.25) is 11.8 Å². The van der Waals surface area contributed by atoms with Gasteiger partial charge in [-0.1, -0.05) is 0 Å². The van der Waals surface area contributed by atoms with E-state index >= 15 is 0 Å². The van der Waals surface area contributed by atoms with E-state index in [0.29, 0.717) is 12.4 Å². The number of hydrogen-bond acceptors (Lipinski definition) is 3. The molecule has 0 spiro atoms. The Morgan fingerprint density at radius 1 is 1.77 bits per heavy atom. The summed E-state index contributed by atoms with van der Waals surface area (Å²) in [5, 5.41) is 3.24. The van der Waals surface area contributed by atoms with E-state index in [0.717, 1.165) is 5.69 Å². The Kier molecular flexibility index (Phi) is 1.76. The first-order chi connectivity index (χ1) is 6.18. The van der Waals surface area contributed by atoms with E-state index in [9.17, 15) is 4.79 Å². The van der Waals surface area contributed by atoms with Gasteiger partial charge in [0.15, 0.2) is 0 Å². The van der Waals surface area contributed by atoms with Crippen LogP contribution in [0.3, 0.4) is 0 Å². The maximum atomic E-state index is 11.2. The number of amides is 1. The average Bonchev–Trinajstić information content (AvgIpc) is 2.49. The fraction of sp³-hybridized carbons (Fsp3) is 0.444. The lowest BCUT2D eigenvalue weighted by molar-refractivity contribution is -0.116. The highest BCUT2D eigenvalue weighted by Gasteiger charge is 2.26. The third-order valence-electron chi connectivity index (χ3n) is 2.13. The number of nitrogens with one attached hydrogen (secondary N) is 1. The van der Waals surface area contributed by atoms with Crippen LogP contribution in [0.25, 0.3) is 0 Å². The van der Waals surface area contributed by atoms with Crippen molar-refractivity contribution in [2.75, 3.05) is 16.8 Å². The molecule has 1 atom stereocenters. The van der Waals surface area contributed by atoms with Gasteiger partial charge in [-0.15, -0.1) is 0 Å². The molecule has 1 aromatic rings. The quantitative estimate of drug-likeness (QED) is 0.657. The Labute approximate surface area is 76.5 Å². The zero-order chi connectivity index (χ0) is 9.42. The zero-order valence-corrected chi connectivity index (χ0v) is 7.70. The first-order valence-corrected chi connectivity index (χ1v) is 4.30. The number of carbonyl (C=O) groups is 1. The largest absolute Gasteiger partial charge is 0.446 e. The van der Waals surface area contributed by atoms with Crippen molar-refractivity contribution in [3.05, 3.63) is 12.3 Å². The molecule has 2 rings (SSSR count). The molecule has 1 aliphatic heterocycles. The molecule has 4 nitrogen and oxygen atoms in total. The SMILES string of the molecule is CC(=O)N1C[C@H](C)Nc2ccoc21. The molecule has 0 fully saturated rings. The molecule has 0 aliphatic carbocycles. The van der Waals surface area contributed by atoms with Gasteiger partial charge in [-0.25, -0.2) is 0 Å². The topological polar surface area (TPSA) is 45.5 Å². The molecule has 0 saturated carbocycles. The number of fused-ring (bicyclic) bond motifs is 1. The molecule has 1 aliphatic rings. The third kappa shape index (κ3) is 1.28. The highest BCUT2D eigenvalue weighted by atomic mass is 16.3. The Hall–Kier alpha value is -1.45. The van der Waals surface area contributed by atoms with Crippen LogP contribution in [0.2, 0.25) is 0 Å². The Morgan fingerprint density at radius 2 is 2.54 bits per heavy atom. The van der Waals surface area contributed by atoms with Crippen LogP contribution in [-0.2, 0) is 4.79 Å². The van der Waals surface area contributed by atoms with Crippen molar-refractivity contribution in [3.8, 4) is 0 Å². The predicted octanol–water partition coefficient (Wildman–Crippen LogP) is 1.45. The average molecular weight is 180 g/mol. The molecule has 70 valence electrons. The fourth-order valence-corrected chi connectivity index (χ4v) is 1.56. The highest BCUT2D eigenvalue weighted by Crippen LogP contribution is 2.31. The molecule has 2 heterocycles. The van der Waals surface area contributed by atoms with Crippen LogP contribution in [0, 0.1) is 0 Å². The van der Waals surface area contributed by atoms with Gasteiger partial charge < -0.3 is 9.73 Å². The summed E-state index contributed by atoms with van der Waals surface area (Å²) in [6.07, 6.45) is 1.59. The van der Waals surface area contributed by atoms with E-state index in [1.165, 1.54) is 0 Å². The van der Waals surface area contributed by atoms with Crippen molar-refractivity contribution >= 4 is 17.5 Å². The molecule has 1 N–H and O–H groups in total. The molecule has 4 heteroatoms. The summed E-state index contributed by atoms with van der Waals surface area (Å²) in [7, 11) is 0. The first kappa shape index (κ1) is 8.16. The van der Waals surface area contributed by atoms with Crippen LogP contribution >= 0.6 is 0 Å². The van der Waals surface area contributed by atoms with E-state index in [1.54, 1.807) is 18.1 Å². The first-order valence-electron chi connectivity index (χ1n) is 4.30. The molecule has 13 heavy (non-hydrogen) atoms. The van der Waals surface area contributed by atoms with Crippen LogP contribution < -0.4 is 10.2 Å². The van der Waals surface area contributed by atoms with E-state index in [-0.39, 0.29) is 11.9 Å². The van der Waals surface area contributed by atoms with Crippen LogP contribution in [0.4, 0.5) is 11.6 Å². The van der Waals surface area contributed by atoms with Gasteiger partial charge in [0.25, 0.3) is 0 Å². The maximum Gasteiger partial charge on any atom is 0.226 e. The summed E-state index contributed by atoms with van der Waals surface area (Å²) in [4.78, 5) is 12.9. The number of rotatable bonds is 0. The number of anilines is 2. The molecule has 0 radical (unpaired) electrons. The predicted molar refractivity (Wildman–Crippen MR) is 49.8 cm³/mol. The maximum absolute atomic E-state index is 11.2. The number of nitrogens with zero attached hydrogens (tertiary/aromatic N) is 1. The summed E-state index contributed by atoms with van der Waals surface area (Å²) in [5.41, 5.74) is 0.897. The monoisotopic (exact) mass is 180 g/mol. The minimum Gasteiger partial charge on any atom is -0.446 e. The second kappa shape index (κ2) is 2.80. The van der Waals surface area contributed by atoms with Gasteiger partial charge in [0, 0.05) is 25.6 Å². The van der Waals surface area contributed by atoms with Crippen molar-refractivity contribution < 1.29 is 9.21 Å². The van der Waals surface area contributed by atoms with Crippen LogP contribution in [-0.4, -0.2) is 18.5 Å². The molecule has 0 bridgehead atoms. The zero-order valence-electron chi connectivity index (χ0n) is 7.70. The molecular formula is C9H12N2O2. The van der Waals surface area contributed by atoms with Crippen molar-refractivity contribution in [3.63, 3.8) is 0 Å². The molecule has 0 unspecified atom stereocenters. The van der Waals surface area contributed by atoms with E-state index < -0.39 is 0 Å². The summed E-state index contributed by atoms with van der Waals surface area (Å²) < 4.78 is 5.22. The summed E-state index contributed by atoms with van der Waals surface area (Å²) in [6.45, 7) is 4.24. The third-order valence-corrected chi connectivity index (χ3v) is 2.13.